The van der Waals surface area contributed by atoms with Crippen LogP contribution < -0.4 is 4.57 Å². The van der Waals surface area contributed by atoms with Gasteiger partial charge >= 0.3 is 0 Å². The SMILES string of the molecule is [2H]C([2H])([2H])c1ccc(-c2c(C)c3ccccc3c3c2oc2ncccc23)[n+](C)c1. The highest BCUT2D eigenvalue weighted by Crippen LogP contribution is 2.41. The van der Waals surface area contributed by atoms with Gasteiger partial charge in [0.05, 0.1) is 5.56 Å². The highest BCUT2D eigenvalue weighted by Gasteiger charge is 2.23. The van der Waals surface area contributed by atoms with Crippen LogP contribution in [-0.2, 0) is 7.05 Å². The van der Waals surface area contributed by atoms with Crippen molar-refractivity contribution >= 4 is 32.8 Å². The van der Waals surface area contributed by atoms with Gasteiger partial charge in [-0.25, -0.2) is 9.55 Å². The van der Waals surface area contributed by atoms with Gasteiger partial charge in [-0.2, -0.15) is 0 Å². The van der Waals surface area contributed by atoms with E-state index >= 15 is 0 Å². The standard InChI is InChI=1S/C23H19N2O/c1-14-10-11-19(25(3)13-14)20-15(2)16-7-4-5-8-17(16)21-18-9-6-12-24-23(18)26-22(20)21/h4-13H,1-3H3/q+1/i1D3. The molecule has 0 spiro atoms. The molecule has 0 aliphatic rings. The summed E-state index contributed by atoms with van der Waals surface area (Å²) in [5.74, 6) is 0. The van der Waals surface area contributed by atoms with Gasteiger partial charge < -0.3 is 4.42 Å². The second-order valence-corrected chi connectivity index (χ2v) is 6.62. The van der Waals surface area contributed by atoms with Gasteiger partial charge in [0.1, 0.15) is 7.05 Å². The molecule has 3 heterocycles. The summed E-state index contributed by atoms with van der Waals surface area (Å²) in [7, 11) is 1.87. The molecule has 5 aromatic rings. The van der Waals surface area contributed by atoms with Crippen LogP contribution in [0.25, 0.3) is 44.1 Å². The normalized spacial score (nSPS) is 13.8. The van der Waals surface area contributed by atoms with E-state index < -0.39 is 6.85 Å². The molecule has 126 valence electrons. The van der Waals surface area contributed by atoms with Crippen LogP contribution in [0, 0.1) is 13.8 Å². The molecule has 3 aromatic heterocycles. The lowest BCUT2D eigenvalue weighted by Crippen LogP contribution is -2.31. The number of hydrogen-bond acceptors (Lipinski definition) is 2. The lowest BCUT2D eigenvalue weighted by molar-refractivity contribution is -0.660. The maximum atomic E-state index is 7.69. The predicted molar refractivity (Wildman–Crippen MR) is 105 cm³/mol. The van der Waals surface area contributed by atoms with Crippen LogP contribution in [0.5, 0.6) is 0 Å². The van der Waals surface area contributed by atoms with Gasteiger partial charge in [-0.1, -0.05) is 24.3 Å². The number of furan rings is 1. The fourth-order valence-corrected chi connectivity index (χ4v) is 3.88. The zero-order chi connectivity index (χ0) is 20.3. The average Bonchev–Trinajstić information content (AvgIpc) is 3.07. The zero-order valence-corrected chi connectivity index (χ0v) is 14.6. The molecule has 0 aliphatic heterocycles. The van der Waals surface area contributed by atoms with Crippen molar-refractivity contribution in [2.75, 3.05) is 0 Å². The second-order valence-electron chi connectivity index (χ2n) is 6.62. The molecule has 0 aliphatic carbocycles. The quantitative estimate of drug-likeness (QED) is 0.390. The van der Waals surface area contributed by atoms with Crippen LogP contribution in [-0.4, -0.2) is 4.98 Å². The summed E-state index contributed by atoms with van der Waals surface area (Å²) < 4.78 is 31.2. The van der Waals surface area contributed by atoms with Crippen molar-refractivity contribution in [3.8, 4) is 11.3 Å². The molecule has 0 fully saturated rings. The number of nitrogens with zero attached hydrogens (tertiary/aromatic N) is 2. The van der Waals surface area contributed by atoms with Crippen molar-refractivity contribution in [3.05, 3.63) is 72.1 Å². The van der Waals surface area contributed by atoms with Crippen LogP contribution in [0.2, 0.25) is 0 Å². The summed E-state index contributed by atoms with van der Waals surface area (Å²) in [5, 5.41) is 4.27. The van der Waals surface area contributed by atoms with Crippen LogP contribution in [0.3, 0.4) is 0 Å². The number of aromatic nitrogens is 2. The Balaban J connectivity index is 1.95. The minimum absolute atomic E-state index is 0.310. The van der Waals surface area contributed by atoms with Crippen molar-refractivity contribution in [2.45, 2.75) is 13.8 Å². The molecule has 0 unspecified atom stereocenters. The van der Waals surface area contributed by atoms with Gasteiger partial charge in [0.2, 0.25) is 11.4 Å². The van der Waals surface area contributed by atoms with Gasteiger partial charge in [0, 0.05) is 32.7 Å². The second kappa shape index (κ2) is 5.40. The zero-order valence-electron chi connectivity index (χ0n) is 17.6. The third-order valence-corrected chi connectivity index (χ3v) is 5.06. The van der Waals surface area contributed by atoms with Crippen molar-refractivity contribution < 1.29 is 13.1 Å². The third-order valence-electron chi connectivity index (χ3n) is 5.06. The Labute approximate surface area is 155 Å². The molecule has 0 N–H and O–H groups in total. The summed E-state index contributed by atoms with van der Waals surface area (Å²) >= 11 is 0. The molecule has 26 heavy (non-hydrogen) atoms. The Morgan fingerprint density at radius 1 is 1.00 bits per heavy atom. The first-order valence-corrected chi connectivity index (χ1v) is 8.55. The summed E-state index contributed by atoms with van der Waals surface area (Å²) in [4.78, 5) is 4.41. The van der Waals surface area contributed by atoms with Crippen molar-refractivity contribution in [2.24, 2.45) is 7.05 Å². The van der Waals surface area contributed by atoms with E-state index in [9.17, 15) is 0 Å². The van der Waals surface area contributed by atoms with Gasteiger partial charge in [-0.3, -0.25) is 0 Å². The van der Waals surface area contributed by atoms with Crippen LogP contribution in [0.15, 0.2) is 65.3 Å². The van der Waals surface area contributed by atoms with E-state index in [0.29, 0.717) is 11.3 Å². The Bertz CT molecular complexity index is 1420. The molecular formula is C23H19N2O+. The molecule has 0 bridgehead atoms. The third kappa shape index (κ3) is 2.00. The molecule has 0 saturated carbocycles. The molecule has 0 amide bonds. The Hall–Kier alpha value is -3.20. The number of fused-ring (bicyclic) bond motifs is 5. The fourth-order valence-electron chi connectivity index (χ4n) is 3.88. The minimum Gasteiger partial charge on any atom is -0.437 e. The molecule has 0 atom stereocenters. The summed E-state index contributed by atoms with van der Waals surface area (Å²) in [5.41, 5.74) is 4.61. The van der Waals surface area contributed by atoms with E-state index in [1.54, 1.807) is 18.5 Å². The average molecular weight is 342 g/mol. The first-order chi connectivity index (χ1) is 13.9. The number of pyridine rings is 2. The van der Waals surface area contributed by atoms with E-state index in [-0.39, 0.29) is 0 Å². The first kappa shape index (κ1) is 12.2. The predicted octanol–water partition coefficient (Wildman–Crippen LogP) is 5.24. The summed E-state index contributed by atoms with van der Waals surface area (Å²) in [6.45, 7) is -0.0668. The van der Waals surface area contributed by atoms with E-state index in [0.717, 1.165) is 43.9 Å². The highest BCUT2D eigenvalue weighted by molar-refractivity contribution is 6.22. The minimum atomic E-state index is -2.15. The molecule has 0 saturated heterocycles. The molecule has 5 rings (SSSR count). The lowest BCUT2D eigenvalue weighted by atomic mass is 9.93. The smallest absolute Gasteiger partial charge is 0.227 e. The summed E-state index contributed by atoms with van der Waals surface area (Å²) in [6.07, 6.45) is 3.40. The van der Waals surface area contributed by atoms with Gasteiger partial charge in [0.15, 0.2) is 11.8 Å². The Kier molecular flexibility index (Phi) is 2.53. The number of aryl methyl sites for hydroxylation is 3. The Morgan fingerprint density at radius 3 is 2.62 bits per heavy atom. The molecule has 3 nitrogen and oxygen atoms in total. The molecular weight excluding hydrogens is 320 g/mol. The topological polar surface area (TPSA) is 29.9 Å². The molecule has 2 aromatic carbocycles. The first-order valence-electron chi connectivity index (χ1n) is 10.1. The van der Waals surface area contributed by atoms with Crippen molar-refractivity contribution in [3.63, 3.8) is 0 Å². The fraction of sp³-hybridized carbons (Fsp3) is 0.130. The van der Waals surface area contributed by atoms with E-state index in [2.05, 4.69) is 24.0 Å². The van der Waals surface area contributed by atoms with Crippen LogP contribution in [0.4, 0.5) is 0 Å². The van der Waals surface area contributed by atoms with Crippen LogP contribution >= 0.6 is 0 Å². The van der Waals surface area contributed by atoms with Crippen molar-refractivity contribution in [1.82, 2.24) is 4.98 Å². The number of rotatable bonds is 1. The molecule has 0 radical (unpaired) electrons. The maximum absolute atomic E-state index is 7.69. The largest absolute Gasteiger partial charge is 0.437 e. The monoisotopic (exact) mass is 342 g/mol. The van der Waals surface area contributed by atoms with E-state index in [1.807, 2.05) is 41.9 Å². The number of hydrogen-bond donors (Lipinski definition) is 0. The lowest BCUT2D eigenvalue weighted by Gasteiger charge is -2.10. The summed E-state index contributed by atoms with van der Waals surface area (Å²) in [6, 6.07) is 15.7. The molecule has 3 heteroatoms. The van der Waals surface area contributed by atoms with E-state index in [1.165, 1.54) is 0 Å². The van der Waals surface area contributed by atoms with Crippen molar-refractivity contribution in [1.29, 1.82) is 0 Å². The maximum Gasteiger partial charge on any atom is 0.227 e. The van der Waals surface area contributed by atoms with Gasteiger partial charge in [-0.05, 0) is 48.3 Å². The van der Waals surface area contributed by atoms with Crippen LogP contribution in [0.1, 0.15) is 15.2 Å². The van der Waals surface area contributed by atoms with Gasteiger partial charge in [-0.15, -0.1) is 0 Å². The highest BCUT2D eigenvalue weighted by atomic mass is 16.3. The van der Waals surface area contributed by atoms with Gasteiger partial charge in [0.25, 0.3) is 0 Å². The Morgan fingerprint density at radius 2 is 1.81 bits per heavy atom. The number of benzene rings is 2. The van der Waals surface area contributed by atoms with E-state index in [4.69, 9.17) is 8.53 Å².